The average molecular weight is 300 g/mol. The first-order valence-corrected chi connectivity index (χ1v) is 7.64. The first kappa shape index (κ1) is 12.6. The molecule has 5 nitrogen and oxygen atoms in total. The van der Waals surface area contributed by atoms with Crippen LogP contribution in [0.4, 0.5) is 0 Å². The van der Waals surface area contributed by atoms with Gasteiger partial charge in [0.05, 0.1) is 19.3 Å². The number of rotatable bonds is 2. The van der Waals surface area contributed by atoms with E-state index < -0.39 is 11.4 Å². The van der Waals surface area contributed by atoms with Gasteiger partial charge in [-0.25, -0.2) is 0 Å². The van der Waals surface area contributed by atoms with Crippen molar-refractivity contribution in [3.05, 3.63) is 29.3 Å². The Labute approximate surface area is 127 Å². The van der Waals surface area contributed by atoms with E-state index in [0.29, 0.717) is 0 Å². The molecule has 4 bridgehead atoms. The van der Waals surface area contributed by atoms with Gasteiger partial charge in [0, 0.05) is 17.8 Å². The van der Waals surface area contributed by atoms with E-state index in [-0.39, 0.29) is 36.1 Å². The van der Waals surface area contributed by atoms with Crippen molar-refractivity contribution in [2.45, 2.75) is 31.2 Å². The molecule has 3 aliphatic heterocycles. The van der Waals surface area contributed by atoms with Crippen molar-refractivity contribution in [1.29, 1.82) is 0 Å². The van der Waals surface area contributed by atoms with Crippen LogP contribution in [0.3, 0.4) is 0 Å². The number of esters is 1. The van der Waals surface area contributed by atoms with E-state index in [1.54, 1.807) is 7.11 Å². The highest BCUT2D eigenvalue weighted by Crippen LogP contribution is 2.70. The minimum Gasteiger partial charge on any atom is -0.497 e. The highest BCUT2D eigenvalue weighted by Gasteiger charge is 2.76. The molecule has 0 radical (unpaired) electrons. The summed E-state index contributed by atoms with van der Waals surface area (Å²) in [6, 6.07) is 5.84. The number of hydrogen-bond acceptors (Lipinski definition) is 5. The highest BCUT2D eigenvalue weighted by atomic mass is 16.6. The molecule has 0 spiro atoms. The molecule has 5 heteroatoms. The summed E-state index contributed by atoms with van der Waals surface area (Å²) in [5, 5.41) is 0. The number of hydrogen-bond donors (Lipinski definition) is 0. The Kier molecular flexibility index (Phi) is 2.13. The van der Waals surface area contributed by atoms with E-state index in [1.807, 2.05) is 25.1 Å². The lowest BCUT2D eigenvalue weighted by molar-refractivity contribution is -0.208. The van der Waals surface area contributed by atoms with Crippen LogP contribution in [0, 0.1) is 17.3 Å². The van der Waals surface area contributed by atoms with Gasteiger partial charge in [0.25, 0.3) is 0 Å². The third-order valence-corrected chi connectivity index (χ3v) is 6.23. The molecule has 3 heterocycles. The minimum atomic E-state index is -1.13. The molecular formula is C17H16O5. The number of methoxy groups -OCH3 is 1. The number of carbonyl (C=O) groups excluding carboxylic acids is 2. The van der Waals surface area contributed by atoms with Gasteiger partial charge >= 0.3 is 5.97 Å². The molecule has 2 aliphatic carbocycles. The zero-order valence-electron chi connectivity index (χ0n) is 12.3. The van der Waals surface area contributed by atoms with Gasteiger partial charge in [0.1, 0.15) is 23.6 Å². The van der Waals surface area contributed by atoms with Crippen LogP contribution in [-0.4, -0.2) is 31.6 Å². The zero-order valence-corrected chi connectivity index (χ0v) is 12.3. The molecule has 0 N–H and O–H groups in total. The summed E-state index contributed by atoms with van der Waals surface area (Å²) >= 11 is 0. The largest absolute Gasteiger partial charge is 0.497 e. The molecule has 1 aromatic rings. The van der Waals surface area contributed by atoms with Crippen molar-refractivity contribution in [1.82, 2.24) is 0 Å². The fourth-order valence-electron chi connectivity index (χ4n) is 5.24. The van der Waals surface area contributed by atoms with Crippen LogP contribution in [0.2, 0.25) is 0 Å². The van der Waals surface area contributed by atoms with Gasteiger partial charge in [-0.1, -0.05) is 13.0 Å². The molecular weight excluding hydrogens is 284 g/mol. The van der Waals surface area contributed by atoms with E-state index in [9.17, 15) is 9.59 Å². The minimum absolute atomic E-state index is 0.0474. The summed E-state index contributed by atoms with van der Waals surface area (Å²) in [4.78, 5) is 24.6. The molecule has 3 saturated heterocycles. The Morgan fingerprint density at radius 2 is 2.09 bits per heavy atom. The van der Waals surface area contributed by atoms with E-state index in [4.69, 9.17) is 14.2 Å². The molecule has 5 aliphatic rings. The first-order chi connectivity index (χ1) is 10.6. The van der Waals surface area contributed by atoms with E-state index >= 15 is 0 Å². The molecule has 22 heavy (non-hydrogen) atoms. The standard InChI is InChI=1S/C17H16O5/c1-7-13-15-11-12(17(7,6-18)16(19)22-15)10-5-8(20-2)3-4-9(10)14(11)21-13/h3-7,11-15H,1-2H3/t7-,11?,12?,13?,14-,15+,17+/m0/s1. The molecule has 0 aromatic heterocycles. The third kappa shape index (κ3) is 1.08. The van der Waals surface area contributed by atoms with E-state index in [1.165, 1.54) is 0 Å². The lowest BCUT2D eigenvalue weighted by atomic mass is 9.54. The third-order valence-electron chi connectivity index (χ3n) is 6.23. The summed E-state index contributed by atoms with van der Waals surface area (Å²) in [6.45, 7) is 1.93. The Hall–Kier alpha value is -1.88. The second-order valence-electron chi connectivity index (χ2n) is 6.78. The van der Waals surface area contributed by atoms with Gasteiger partial charge in [0.15, 0.2) is 0 Å². The monoisotopic (exact) mass is 300 g/mol. The number of ether oxygens (including phenoxy) is 3. The number of aldehydes is 1. The van der Waals surface area contributed by atoms with Crippen molar-refractivity contribution < 1.29 is 23.8 Å². The topological polar surface area (TPSA) is 61.8 Å². The van der Waals surface area contributed by atoms with Gasteiger partial charge in [-0.15, -0.1) is 0 Å². The average Bonchev–Trinajstić information content (AvgIpc) is 3.02. The summed E-state index contributed by atoms with van der Waals surface area (Å²) in [5.74, 6) is 0.0596. The van der Waals surface area contributed by atoms with Crippen LogP contribution in [0.5, 0.6) is 5.75 Å². The fraction of sp³-hybridized carbons (Fsp3) is 0.529. The van der Waals surface area contributed by atoms with Crippen molar-refractivity contribution in [3.63, 3.8) is 0 Å². The fourth-order valence-corrected chi connectivity index (χ4v) is 5.24. The summed E-state index contributed by atoms with van der Waals surface area (Å²) in [7, 11) is 1.61. The summed E-state index contributed by atoms with van der Waals surface area (Å²) in [5.41, 5.74) is 0.948. The van der Waals surface area contributed by atoms with Crippen molar-refractivity contribution >= 4 is 12.3 Å². The molecule has 4 fully saturated rings. The second-order valence-corrected chi connectivity index (χ2v) is 6.78. The Bertz CT molecular complexity index is 713. The Balaban J connectivity index is 1.80. The van der Waals surface area contributed by atoms with Gasteiger partial charge in [-0.2, -0.15) is 0 Å². The van der Waals surface area contributed by atoms with Crippen LogP contribution < -0.4 is 4.74 Å². The quantitative estimate of drug-likeness (QED) is 0.472. The molecule has 1 aromatic carbocycles. The molecule has 6 rings (SSSR count). The smallest absolute Gasteiger partial charge is 0.320 e. The SMILES string of the molecule is COc1ccc2c(c1)C1C3[C@H]4OC(=O)[C@]1(C=O)[C@@H](C)C4O[C@@H]23. The van der Waals surface area contributed by atoms with Crippen LogP contribution in [0.25, 0.3) is 0 Å². The Morgan fingerprint density at radius 1 is 1.27 bits per heavy atom. The van der Waals surface area contributed by atoms with Crippen molar-refractivity contribution in [2.75, 3.05) is 7.11 Å². The van der Waals surface area contributed by atoms with Gasteiger partial charge in [-0.3, -0.25) is 4.79 Å². The normalized spacial score (nSPS) is 46.4. The maximum atomic E-state index is 12.5. The lowest BCUT2D eigenvalue weighted by Crippen LogP contribution is -2.64. The predicted octanol–water partition coefficient (Wildman–Crippen LogP) is 1.61. The maximum absolute atomic E-state index is 12.5. The van der Waals surface area contributed by atoms with Crippen LogP contribution >= 0.6 is 0 Å². The summed E-state index contributed by atoms with van der Waals surface area (Å²) < 4.78 is 17.1. The lowest BCUT2D eigenvalue weighted by Gasteiger charge is -2.52. The number of fused-ring (bicyclic) bond motifs is 3. The number of carbonyl (C=O) groups is 2. The van der Waals surface area contributed by atoms with Crippen LogP contribution in [-0.2, 0) is 19.1 Å². The van der Waals surface area contributed by atoms with Crippen molar-refractivity contribution in [2.24, 2.45) is 17.3 Å². The Morgan fingerprint density at radius 3 is 2.82 bits per heavy atom. The number of benzene rings is 1. The highest BCUT2D eigenvalue weighted by molar-refractivity contribution is 5.97. The molecule has 0 amide bonds. The van der Waals surface area contributed by atoms with Crippen LogP contribution in [0.15, 0.2) is 18.2 Å². The van der Waals surface area contributed by atoms with Gasteiger partial charge in [-0.05, 0) is 23.3 Å². The van der Waals surface area contributed by atoms with E-state index in [0.717, 1.165) is 23.2 Å². The van der Waals surface area contributed by atoms with Crippen LogP contribution in [0.1, 0.15) is 30.1 Å². The second kappa shape index (κ2) is 3.71. The summed E-state index contributed by atoms with van der Waals surface area (Å²) in [6.07, 6.45) is 0.306. The molecule has 1 saturated carbocycles. The van der Waals surface area contributed by atoms with E-state index in [2.05, 4.69) is 0 Å². The van der Waals surface area contributed by atoms with Gasteiger partial charge < -0.3 is 19.0 Å². The first-order valence-electron chi connectivity index (χ1n) is 7.64. The predicted molar refractivity (Wildman–Crippen MR) is 74.4 cm³/mol. The molecule has 114 valence electrons. The van der Waals surface area contributed by atoms with Gasteiger partial charge in [0.2, 0.25) is 0 Å². The maximum Gasteiger partial charge on any atom is 0.320 e. The zero-order chi connectivity index (χ0) is 15.2. The molecule has 3 unspecified atom stereocenters. The molecule has 7 atom stereocenters. The van der Waals surface area contributed by atoms with Crippen molar-refractivity contribution in [3.8, 4) is 5.75 Å².